The Morgan fingerprint density at radius 3 is 2.92 bits per heavy atom. The normalized spacial score (nSPS) is 11.3. The summed E-state index contributed by atoms with van der Waals surface area (Å²) in [6.45, 7) is 6.21. The average molecular weight is 260 g/mol. The summed E-state index contributed by atoms with van der Waals surface area (Å²) in [6, 6.07) is 2.16. The molecule has 0 spiro atoms. The highest BCUT2D eigenvalue weighted by atomic mass is 79.9. The summed E-state index contributed by atoms with van der Waals surface area (Å²) in [5, 5.41) is 3.25. The molecule has 0 saturated carbocycles. The molecule has 0 bridgehead atoms. The highest BCUT2D eigenvalue weighted by Gasteiger charge is 1.98. The number of nitrogens with one attached hydrogen (secondary N) is 1. The second-order valence-electron chi connectivity index (χ2n) is 2.76. The number of hydrogen-bond acceptors (Lipinski definition) is 2. The number of hydrogen-bond donors (Lipinski definition) is 1. The highest BCUT2D eigenvalue weighted by molar-refractivity contribution is 9.10. The van der Waals surface area contributed by atoms with Gasteiger partial charge in [0.2, 0.25) is 0 Å². The standard InChI is InChI=1S/C10H14BrNS/c1-3-12-6-4-5-9-7-10(11)8(2)13-9/h4-5,7,12H,3,6H2,1-2H3/b5-4+. The predicted octanol–water partition coefficient (Wildman–Crippen LogP) is 3.44. The minimum Gasteiger partial charge on any atom is -0.314 e. The van der Waals surface area contributed by atoms with Gasteiger partial charge < -0.3 is 5.32 Å². The van der Waals surface area contributed by atoms with E-state index in [2.05, 4.69) is 53.3 Å². The first-order valence-electron chi connectivity index (χ1n) is 4.37. The van der Waals surface area contributed by atoms with Crippen LogP contribution in [-0.4, -0.2) is 13.1 Å². The minimum absolute atomic E-state index is 0.949. The van der Waals surface area contributed by atoms with Crippen molar-refractivity contribution in [3.05, 3.63) is 26.4 Å². The van der Waals surface area contributed by atoms with Gasteiger partial charge in [-0.1, -0.05) is 13.0 Å². The van der Waals surface area contributed by atoms with Gasteiger partial charge in [-0.3, -0.25) is 0 Å². The maximum Gasteiger partial charge on any atom is 0.0317 e. The molecule has 1 rings (SSSR count). The molecular weight excluding hydrogens is 246 g/mol. The third kappa shape index (κ3) is 3.63. The quantitative estimate of drug-likeness (QED) is 0.818. The number of rotatable bonds is 4. The van der Waals surface area contributed by atoms with Crippen LogP contribution in [0.15, 0.2) is 16.6 Å². The monoisotopic (exact) mass is 259 g/mol. The maximum atomic E-state index is 3.50. The Morgan fingerprint density at radius 1 is 1.62 bits per heavy atom. The molecule has 0 saturated heterocycles. The fraction of sp³-hybridized carbons (Fsp3) is 0.400. The molecule has 0 aliphatic rings. The van der Waals surface area contributed by atoms with Crippen molar-refractivity contribution >= 4 is 33.3 Å². The Morgan fingerprint density at radius 2 is 2.38 bits per heavy atom. The molecule has 0 amide bonds. The van der Waals surface area contributed by atoms with E-state index in [1.165, 1.54) is 14.2 Å². The van der Waals surface area contributed by atoms with Gasteiger partial charge in [0.1, 0.15) is 0 Å². The molecule has 1 heterocycles. The van der Waals surface area contributed by atoms with Crippen LogP contribution in [0.5, 0.6) is 0 Å². The van der Waals surface area contributed by atoms with Crippen LogP contribution in [0.4, 0.5) is 0 Å². The Hall–Kier alpha value is -0.120. The molecule has 3 heteroatoms. The molecule has 72 valence electrons. The lowest BCUT2D eigenvalue weighted by Crippen LogP contribution is -2.11. The molecule has 1 N–H and O–H groups in total. The topological polar surface area (TPSA) is 12.0 Å². The Bertz CT molecular complexity index is 272. The molecule has 0 radical (unpaired) electrons. The molecule has 1 nitrogen and oxygen atoms in total. The number of likely N-dealkylation sites (N-methyl/N-ethyl adjacent to an activating group) is 1. The van der Waals surface area contributed by atoms with Crippen molar-refractivity contribution in [2.24, 2.45) is 0 Å². The molecule has 0 aliphatic heterocycles. The molecule has 1 aromatic rings. The molecule has 13 heavy (non-hydrogen) atoms. The SMILES string of the molecule is CCNC/C=C/c1cc(Br)c(C)s1. The summed E-state index contributed by atoms with van der Waals surface area (Å²) in [6.07, 6.45) is 4.31. The summed E-state index contributed by atoms with van der Waals surface area (Å²) in [4.78, 5) is 2.64. The number of halogens is 1. The van der Waals surface area contributed by atoms with Crippen LogP contribution in [0.2, 0.25) is 0 Å². The Labute approximate surface area is 92.0 Å². The molecule has 0 fully saturated rings. The van der Waals surface area contributed by atoms with E-state index in [1.807, 2.05) is 11.3 Å². The largest absolute Gasteiger partial charge is 0.314 e. The van der Waals surface area contributed by atoms with E-state index in [-0.39, 0.29) is 0 Å². The van der Waals surface area contributed by atoms with E-state index in [1.54, 1.807) is 0 Å². The van der Waals surface area contributed by atoms with Gasteiger partial charge >= 0.3 is 0 Å². The molecule has 1 aromatic heterocycles. The van der Waals surface area contributed by atoms with Gasteiger partial charge in [0.15, 0.2) is 0 Å². The van der Waals surface area contributed by atoms with Crippen LogP contribution in [-0.2, 0) is 0 Å². The summed E-state index contributed by atoms with van der Waals surface area (Å²) in [5.74, 6) is 0. The number of aryl methyl sites for hydroxylation is 1. The van der Waals surface area contributed by atoms with E-state index < -0.39 is 0 Å². The van der Waals surface area contributed by atoms with Crippen molar-refractivity contribution in [1.82, 2.24) is 5.32 Å². The van der Waals surface area contributed by atoms with Gasteiger partial charge in [0.05, 0.1) is 0 Å². The summed E-state index contributed by atoms with van der Waals surface area (Å²) >= 11 is 5.31. The van der Waals surface area contributed by atoms with Crippen LogP contribution in [0.25, 0.3) is 6.08 Å². The van der Waals surface area contributed by atoms with E-state index >= 15 is 0 Å². The second kappa shape index (κ2) is 5.58. The summed E-state index contributed by atoms with van der Waals surface area (Å²) < 4.78 is 1.21. The third-order valence-corrected chi connectivity index (χ3v) is 3.77. The zero-order valence-corrected chi connectivity index (χ0v) is 10.3. The van der Waals surface area contributed by atoms with Gasteiger partial charge in [0, 0.05) is 20.8 Å². The van der Waals surface area contributed by atoms with E-state index in [0.29, 0.717) is 0 Å². The lowest BCUT2D eigenvalue weighted by atomic mass is 10.4. The molecule has 0 atom stereocenters. The van der Waals surface area contributed by atoms with Gasteiger partial charge in [-0.05, 0) is 41.5 Å². The first-order chi connectivity index (χ1) is 6.24. The molecular formula is C10H14BrNS. The van der Waals surface area contributed by atoms with E-state index in [4.69, 9.17) is 0 Å². The zero-order valence-electron chi connectivity index (χ0n) is 7.93. The predicted molar refractivity (Wildman–Crippen MR) is 64.3 cm³/mol. The van der Waals surface area contributed by atoms with Crippen LogP contribution in [0.3, 0.4) is 0 Å². The van der Waals surface area contributed by atoms with Crippen molar-refractivity contribution in [1.29, 1.82) is 0 Å². The Kier molecular flexibility index (Phi) is 4.70. The fourth-order valence-electron chi connectivity index (χ4n) is 0.966. The fourth-order valence-corrected chi connectivity index (χ4v) is 2.46. The van der Waals surface area contributed by atoms with Crippen molar-refractivity contribution < 1.29 is 0 Å². The van der Waals surface area contributed by atoms with Crippen LogP contribution < -0.4 is 5.32 Å². The lowest BCUT2D eigenvalue weighted by molar-refractivity contribution is 0.801. The smallest absolute Gasteiger partial charge is 0.0317 e. The van der Waals surface area contributed by atoms with Crippen LogP contribution in [0, 0.1) is 6.92 Å². The third-order valence-electron chi connectivity index (χ3n) is 1.67. The van der Waals surface area contributed by atoms with Crippen molar-refractivity contribution in [2.75, 3.05) is 13.1 Å². The Balaban J connectivity index is 2.49. The van der Waals surface area contributed by atoms with Gasteiger partial charge in [-0.25, -0.2) is 0 Å². The first kappa shape index (κ1) is 11.0. The zero-order chi connectivity index (χ0) is 9.68. The lowest BCUT2D eigenvalue weighted by Gasteiger charge is -1.91. The highest BCUT2D eigenvalue weighted by Crippen LogP contribution is 2.26. The van der Waals surface area contributed by atoms with Crippen LogP contribution in [0.1, 0.15) is 16.7 Å². The van der Waals surface area contributed by atoms with Crippen molar-refractivity contribution in [3.8, 4) is 0 Å². The second-order valence-corrected chi connectivity index (χ2v) is 4.91. The molecule has 0 aromatic carbocycles. The summed E-state index contributed by atoms with van der Waals surface area (Å²) in [5.41, 5.74) is 0. The number of thiophene rings is 1. The maximum absolute atomic E-state index is 3.50. The summed E-state index contributed by atoms with van der Waals surface area (Å²) in [7, 11) is 0. The minimum atomic E-state index is 0.949. The van der Waals surface area contributed by atoms with Gasteiger partial charge in [0.25, 0.3) is 0 Å². The van der Waals surface area contributed by atoms with Crippen molar-refractivity contribution in [2.45, 2.75) is 13.8 Å². The van der Waals surface area contributed by atoms with E-state index in [9.17, 15) is 0 Å². The van der Waals surface area contributed by atoms with E-state index in [0.717, 1.165) is 13.1 Å². The van der Waals surface area contributed by atoms with Crippen molar-refractivity contribution in [3.63, 3.8) is 0 Å². The van der Waals surface area contributed by atoms with Crippen LogP contribution >= 0.6 is 27.3 Å². The molecule has 0 aliphatic carbocycles. The average Bonchev–Trinajstić information content (AvgIpc) is 2.41. The van der Waals surface area contributed by atoms with Gasteiger partial charge in [-0.2, -0.15) is 0 Å². The van der Waals surface area contributed by atoms with Gasteiger partial charge in [-0.15, -0.1) is 11.3 Å². The first-order valence-corrected chi connectivity index (χ1v) is 5.98. The molecule has 0 unspecified atom stereocenters.